The molecule has 5 heteroatoms. The monoisotopic (exact) mass is 222 g/mol. The normalized spacial score (nSPS) is 22.9. The lowest BCUT2D eigenvalue weighted by atomic mass is 10.1. The van der Waals surface area contributed by atoms with Gasteiger partial charge in [0.15, 0.2) is 0 Å². The molecule has 0 spiro atoms. The molecule has 1 aromatic carbocycles. The number of ether oxygens (including phenoxy) is 1. The van der Waals surface area contributed by atoms with Crippen molar-refractivity contribution in [2.75, 3.05) is 13.7 Å². The van der Waals surface area contributed by atoms with Crippen molar-refractivity contribution in [3.05, 3.63) is 33.9 Å². The van der Waals surface area contributed by atoms with Gasteiger partial charge in [-0.3, -0.25) is 10.1 Å². The van der Waals surface area contributed by atoms with Crippen molar-refractivity contribution in [1.29, 1.82) is 0 Å². The minimum absolute atomic E-state index is 0.110. The van der Waals surface area contributed by atoms with E-state index in [1.54, 1.807) is 19.2 Å². The zero-order chi connectivity index (χ0) is 11.7. The number of non-ortho nitro benzene ring substituents is 1. The molecule has 0 aromatic heterocycles. The summed E-state index contributed by atoms with van der Waals surface area (Å²) in [5.74, 6) is 1.47. The van der Waals surface area contributed by atoms with E-state index in [0.717, 1.165) is 12.0 Å². The molecule has 2 N–H and O–H groups in total. The number of nitro groups is 1. The Kier molecular flexibility index (Phi) is 2.78. The van der Waals surface area contributed by atoms with Crippen LogP contribution in [0.2, 0.25) is 0 Å². The van der Waals surface area contributed by atoms with Gasteiger partial charge in [0.05, 0.1) is 12.0 Å². The van der Waals surface area contributed by atoms with Gasteiger partial charge in [-0.1, -0.05) is 0 Å². The van der Waals surface area contributed by atoms with Crippen LogP contribution in [0.15, 0.2) is 18.2 Å². The second-order valence-corrected chi connectivity index (χ2v) is 4.02. The van der Waals surface area contributed by atoms with Crippen LogP contribution in [-0.4, -0.2) is 18.6 Å². The molecule has 0 radical (unpaired) electrons. The molecule has 0 saturated heterocycles. The summed E-state index contributed by atoms with van der Waals surface area (Å²) < 4.78 is 5.21. The molecule has 5 nitrogen and oxygen atoms in total. The van der Waals surface area contributed by atoms with Gasteiger partial charge >= 0.3 is 0 Å². The molecule has 1 saturated carbocycles. The summed E-state index contributed by atoms with van der Waals surface area (Å²) in [6, 6.07) is 4.71. The van der Waals surface area contributed by atoms with E-state index in [4.69, 9.17) is 10.5 Å². The van der Waals surface area contributed by atoms with Crippen LogP contribution in [0.5, 0.6) is 5.75 Å². The Morgan fingerprint density at radius 3 is 2.88 bits per heavy atom. The number of methoxy groups -OCH3 is 1. The molecule has 1 aromatic rings. The number of rotatable bonds is 4. The first-order valence-corrected chi connectivity index (χ1v) is 5.19. The third-order valence-electron chi connectivity index (χ3n) is 3.05. The van der Waals surface area contributed by atoms with Crippen molar-refractivity contribution < 1.29 is 9.66 Å². The van der Waals surface area contributed by atoms with Crippen molar-refractivity contribution in [2.45, 2.75) is 12.3 Å². The zero-order valence-electron chi connectivity index (χ0n) is 9.05. The van der Waals surface area contributed by atoms with Crippen molar-refractivity contribution in [3.63, 3.8) is 0 Å². The van der Waals surface area contributed by atoms with Crippen LogP contribution in [0.3, 0.4) is 0 Å². The van der Waals surface area contributed by atoms with Gasteiger partial charge in [-0.25, -0.2) is 0 Å². The van der Waals surface area contributed by atoms with Gasteiger partial charge in [0.1, 0.15) is 5.75 Å². The van der Waals surface area contributed by atoms with Crippen molar-refractivity contribution in [3.8, 4) is 5.75 Å². The van der Waals surface area contributed by atoms with Crippen LogP contribution in [0, 0.1) is 16.0 Å². The van der Waals surface area contributed by atoms with E-state index in [-0.39, 0.29) is 10.6 Å². The highest BCUT2D eigenvalue weighted by atomic mass is 16.6. The van der Waals surface area contributed by atoms with Gasteiger partial charge in [-0.2, -0.15) is 0 Å². The number of nitrogens with two attached hydrogens (primary N) is 1. The Hall–Kier alpha value is -1.62. The van der Waals surface area contributed by atoms with Gasteiger partial charge in [0.25, 0.3) is 5.69 Å². The van der Waals surface area contributed by atoms with Crippen LogP contribution in [0.1, 0.15) is 17.9 Å². The minimum Gasteiger partial charge on any atom is -0.496 e. The number of hydrogen-bond acceptors (Lipinski definition) is 4. The second-order valence-electron chi connectivity index (χ2n) is 4.02. The molecule has 0 amide bonds. The van der Waals surface area contributed by atoms with Crippen molar-refractivity contribution >= 4 is 5.69 Å². The molecule has 2 rings (SSSR count). The van der Waals surface area contributed by atoms with Crippen molar-refractivity contribution in [2.24, 2.45) is 11.7 Å². The molecule has 16 heavy (non-hydrogen) atoms. The highest BCUT2D eigenvalue weighted by Crippen LogP contribution is 2.50. The van der Waals surface area contributed by atoms with Crippen molar-refractivity contribution in [1.82, 2.24) is 0 Å². The van der Waals surface area contributed by atoms with E-state index in [9.17, 15) is 10.1 Å². The maximum absolute atomic E-state index is 10.7. The fourth-order valence-corrected chi connectivity index (χ4v) is 2.01. The second kappa shape index (κ2) is 4.09. The minimum atomic E-state index is -0.386. The molecular weight excluding hydrogens is 208 g/mol. The lowest BCUT2D eigenvalue weighted by molar-refractivity contribution is -0.384. The Morgan fingerprint density at radius 1 is 1.62 bits per heavy atom. The maximum atomic E-state index is 10.7. The molecule has 1 aliphatic carbocycles. The third-order valence-corrected chi connectivity index (χ3v) is 3.05. The molecule has 0 unspecified atom stereocenters. The molecule has 0 heterocycles. The van der Waals surface area contributed by atoms with Gasteiger partial charge in [-0.15, -0.1) is 0 Å². The molecule has 2 atom stereocenters. The first-order valence-electron chi connectivity index (χ1n) is 5.19. The highest BCUT2D eigenvalue weighted by molar-refractivity contribution is 5.47. The summed E-state index contributed by atoms with van der Waals surface area (Å²) in [4.78, 5) is 10.3. The third kappa shape index (κ3) is 1.86. The molecule has 0 bridgehead atoms. The number of nitrogens with zero attached hydrogens (tertiary/aromatic N) is 1. The fraction of sp³-hybridized carbons (Fsp3) is 0.455. The Bertz CT molecular complexity index is 420. The summed E-state index contributed by atoms with van der Waals surface area (Å²) in [6.07, 6.45) is 0.994. The Balaban J connectivity index is 2.33. The average Bonchev–Trinajstić information content (AvgIpc) is 3.07. The topological polar surface area (TPSA) is 78.4 Å². The largest absolute Gasteiger partial charge is 0.496 e. The summed E-state index contributed by atoms with van der Waals surface area (Å²) in [6.45, 7) is 0.622. The molecule has 1 fully saturated rings. The van der Waals surface area contributed by atoms with E-state index in [0.29, 0.717) is 24.1 Å². The quantitative estimate of drug-likeness (QED) is 0.620. The molecule has 86 valence electrons. The SMILES string of the molecule is COc1ccc([N+](=O)[O-])cc1[C@@H]1C[C@H]1CN. The lowest BCUT2D eigenvalue weighted by Gasteiger charge is -2.07. The van der Waals surface area contributed by atoms with Crippen LogP contribution in [-0.2, 0) is 0 Å². The number of hydrogen-bond donors (Lipinski definition) is 1. The summed E-state index contributed by atoms with van der Waals surface area (Å²) in [5, 5.41) is 10.7. The average molecular weight is 222 g/mol. The first-order chi connectivity index (χ1) is 7.67. The van der Waals surface area contributed by atoms with Gasteiger partial charge in [0.2, 0.25) is 0 Å². The summed E-state index contributed by atoms with van der Waals surface area (Å²) in [5.41, 5.74) is 6.60. The van der Waals surface area contributed by atoms with Crippen LogP contribution in [0.25, 0.3) is 0 Å². The van der Waals surface area contributed by atoms with E-state index in [1.807, 2.05) is 0 Å². The van der Waals surface area contributed by atoms with Crippen LogP contribution < -0.4 is 10.5 Å². The number of benzene rings is 1. The highest BCUT2D eigenvalue weighted by Gasteiger charge is 2.39. The van der Waals surface area contributed by atoms with E-state index in [2.05, 4.69) is 0 Å². The lowest BCUT2D eigenvalue weighted by Crippen LogP contribution is -2.03. The van der Waals surface area contributed by atoms with E-state index >= 15 is 0 Å². The van der Waals surface area contributed by atoms with Crippen LogP contribution >= 0.6 is 0 Å². The standard InChI is InChI=1S/C11H14N2O3/c1-16-11-3-2-8(13(14)15)5-10(11)9-4-7(9)6-12/h2-3,5,7,9H,4,6,12H2,1H3/t7-,9+/m0/s1. The predicted octanol–water partition coefficient (Wildman–Crippen LogP) is 1.67. The first kappa shape index (κ1) is 10.9. The Morgan fingerprint density at radius 2 is 2.38 bits per heavy atom. The predicted molar refractivity (Wildman–Crippen MR) is 59.6 cm³/mol. The summed E-state index contributed by atoms with van der Waals surface area (Å²) in [7, 11) is 1.57. The fourth-order valence-electron chi connectivity index (χ4n) is 2.01. The van der Waals surface area contributed by atoms with Gasteiger partial charge < -0.3 is 10.5 Å². The zero-order valence-corrected chi connectivity index (χ0v) is 9.05. The maximum Gasteiger partial charge on any atom is 0.269 e. The molecule has 1 aliphatic rings. The summed E-state index contributed by atoms with van der Waals surface area (Å²) >= 11 is 0. The Labute approximate surface area is 93.4 Å². The smallest absolute Gasteiger partial charge is 0.269 e. The number of nitro benzene ring substituents is 1. The van der Waals surface area contributed by atoms with E-state index in [1.165, 1.54) is 6.07 Å². The van der Waals surface area contributed by atoms with Gasteiger partial charge in [0, 0.05) is 17.7 Å². The molecular formula is C11H14N2O3. The molecule has 0 aliphatic heterocycles. The van der Waals surface area contributed by atoms with Crippen LogP contribution in [0.4, 0.5) is 5.69 Å². The van der Waals surface area contributed by atoms with E-state index < -0.39 is 0 Å². The van der Waals surface area contributed by atoms with Gasteiger partial charge in [-0.05, 0) is 30.9 Å².